The molecule has 0 amide bonds. The Morgan fingerprint density at radius 1 is 0.547 bits per heavy atom. The van der Waals surface area contributed by atoms with Gasteiger partial charge in [-0.2, -0.15) is 15.0 Å². The van der Waals surface area contributed by atoms with E-state index in [-0.39, 0.29) is 32.5 Å². The van der Waals surface area contributed by atoms with E-state index in [4.69, 9.17) is 24.4 Å². The van der Waals surface area contributed by atoms with Crippen molar-refractivity contribution in [1.29, 1.82) is 0 Å². The molecule has 0 saturated carbocycles. The lowest BCUT2D eigenvalue weighted by atomic mass is 9.71. The molecule has 0 aliphatic carbocycles. The molecule has 75 heavy (non-hydrogen) atoms. The summed E-state index contributed by atoms with van der Waals surface area (Å²) >= 11 is 0. The van der Waals surface area contributed by atoms with Gasteiger partial charge in [0.05, 0.1) is 6.54 Å². The van der Waals surface area contributed by atoms with E-state index in [1.54, 1.807) is 0 Å². The quantitative estimate of drug-likeness (QED) is 0.110. The van der Waals surface area contributed by atoms with E-state index in [1.165, 1.54) is 5.56 Å². The SMILES string of the molecule is Cc1cc(C(C)(C)C)c(O)c(C(C)(C)CCC2(C)Oc3c(C(C)(C)C)cc(CNc4nc(-c5ccccc5)nc(N(Cc5cc(C(C)(C)C)c(O)c(C(C)(C)C)c5)c5cc(C(C)(C)C)c6c(c5)C(C)(C)O6)n4)cc32)c1. The highest BCUT2D eigenvalue weighted by atomic mass is 16.5. The van der Waals surface area contributed by atoms with Crippen molar-refractivity contribution in [2.45, 2.75) is 215 Å². The first-order valence-electron chi connectivity index (χ1n) is 27.2. The van der Waals surface area contributed by atoms with E-state index in [1.807, 2.05) is 30.3 Å². The minimum Gasteiger partial charge on any atom is -0.507 e. The zero-order chi connectivity index (χ0) is 55.4. The molecule has 8 rings (SSSR count). The minimum atomic E-state index is -0.521. The molecular formula is C66H87N5O4. The summed E-state index contributed by atoms with van der Waals surface area (Å²) in [6.45, 7) is 46.7. The number of nitrogens with one attached hydrogen (secondary N) is 1. The molecule has 1 aromatic heterocycles. The van der Waals surface area contributed by atoms with E-state index in [9.17, 15) is 10.2 Å². The smallest absolute Gasteiger partial charge is 0.235 e. The number of benzene rings is 5. The molecule has 0 spiro atoms. The van der Waals surface area contributed by atoms with Gasteiger partial charge in [0.2, 0.25) is 11.9 Å². The molecular weight excluding hydrogens is 927 g/mol. The summed E-state index contributed by atoms with van der Waals surface area (Å²) in [5.41, 5.74) is 10.9. The molecule has 3 N–H and O–H groups in total. The average molecular weight is 1010 g/mol. The predicted octanol–water partition coefficient (Wildman–Crippen LogP) is 16.7. The van der Waals surface area contributed by atoms with Crippen LogP contribution in [0, 0.1) is 6.92 Å². The molecule has 0 bridgehead atoms. The molecule has 400 valence electrons. The van der Waals surface area contributed by atoms with Gasteiger partial charge in [-0.15, -0.1) is 0 Å². The molecule has 1 unspecified atom stereocenters. The molecule has 2 aliphatic heterocycles. The highest BCUT2D eigenvalue weighted by Gasteiger charge is 2.46. The van der Waals surface area contributed by atoms with Crippen molar-refractivity contribution < 1.29 is 19.7 Å². The lowest BCUT2D eigenvalue weighted by Crippen LogP contribution is -2.42. The fourth-order valence-electron chi connectivity index (χ4n) is 10.8. The van der Waals surface area contributed by atoms with E-state index in [0.29, 0.717) is 42.3 Å². The van der Waals surface area contributed by atoms with Crippen LogP contribution in [0.4, 0.5) is 17.6 Å². The van der Waals surface area contributed by atoms with E-state index >= 15 is 0 Å². The number of ether oxygens (including phenoxy) is 2. The summed E-state index contributed by atoms with van der Waals surface area (Å²) in [5, 5.41) is 27.3. The number of aromatic hydroxyl groups is 2. The van der Waals surface area contributed by atoms with Crippen molar-refractivity contribution in [1.82, 2.24) is 15.0 Å². The van der Waals surface area contributed by atoms with Gasteiger partial charge in [-0.1, -0.05) is 166 Å². The van der Waals surface area contributed by atoms with E-state index in [0.717, 1.165) is 91.2 Å². The predicted molar refractivity (Wildman–Crippen MR) is 310 cm³/mol. The maximum Gasteiger partial charge on any atom is 0.235 e. The molecule has 0 radical (unpaired) electrons. The topological polar surface area (TPSA) is 113 Å². The maximum absolute atomic E-state index is 11.9. The van der Waals surface area contributed by atoms with Crippen LogP contribution in [0.25, 0.3) is 11.4 Å². The highest BCUT2D eigenvalue weighted by molar-refractivity contribution is 5.70. The van der Waals surface area contributed by atoms with E-state index < -0.39 is 11.2 Å². The lowest BCUT2D eigenvalue weighted by Gasteiger charge is -2.46. The first-order valence-corrected chi connectivity index (χ1v) is 27.2. The van der Waals surface area contributed by atoms with Crippen molar-refractivity contribution in [2.75, 3.05) is 10.2 Å². The van der Waals surface area contributed by atoms with Gasteiger partial charge in [0.1, 0.15) is 34.2 Å². The normalized spacial score (nSPS) is 16.5. The Balaban J connectivity index is 1.22. The number of hydrogen-bond donors (Lipinski definition) is 3. The standard InChI is InChI=1S/C66H87N5O4/c1-39-29-44(59(2,3)4)53(73)47(30-39)64(17,18)27-28-66(21)51-32-40(31-48(55(51)75-66)62(11,12)13)37-67-57-68-56(42-25-23-22-24-26-42)69-58(70-57)71(43-35-49(63(14,15)16)54-50(36-43)65(19,20)74-54)38-41-33-45(60(5,6)7)52(72)46(34-41)61(8,9)10/h22-26,29-36,72-73H,27-28,37-38H2,1-21H3,(H,67,68,69,70). The van der Waals surface area contributed by atoms with Crippen LogP contribution in [-0.2, 0) is 56.8 Å². The average Bonchev–Trinajstić information content (AvgIpc) is 3.28. The molecule has 5 aromatic carbocycles. The van der Waals surface area contributed by atoms with Gasteiger partial charge in [-0.05, 0) is 137 Å². The Kier molecular flexibility index (Phi) is 13.7. The second-order valence-corrected chi connectivity index (χ2v) is 28.3. The van der Waals surface area contributed by atoms with Crippen LogP contribution in [0.1, 0.15) is 213 Å². The molecule has 3 heterocycles. The third-order valence-corrected chi connectivity index (χ3v) is 15.5. The Bertz CT molecular complexity index is 3120. The summed E-state index contributed by atoms with van der Waals surface area (Å²) in [4.78, 5) is 18.0. The van der Waals surface area contributed by atoms with Gasteiger partial charge in [0.25, 0.3) is 0 Å². The zero-order valence-electron chi connectivity index (χ0n) is 49.3. The van der Waals surface area contributed by atoms with Gasteiger partial charge in [-0.3, -0.25) is 0 Å². The molecule has 9 nitrogen and oxygen atoms in total. The van der Waals surface area contributed by atoms with Gasteiger partial charge >= 0.3 is 0 Å². The minimum absolute atomic E-state index is 0.185. The number of fused-ring (bicyclic) bond motifs is 2. The molecule has 9 heteroatoms. The number of aryl methyl sites for hydroxylation is 1. The fourth-order valence-corrected chi connectivity index (χ4v) is 10.8. The summed E-state index contributed by atoms with van der Waals surface area (Å²) in [7, 11) is 0. The van der Waals surface area contributed by atoms with Gasteiger partial charge in [0, 0.05) is 45.6 Å². The van der Waals surface area contributed by atoms with Crippen LogP contribution in [0.15, 0.2) is 78.9 Å². The molecule has 0 saturated heterocycles. The maximum atomic E-state index is 11.9. The summed E-state index contributed by atoms with van der Waals surface area (Å²) in [6.07, 6.45) is 1.59. The monoisotopic (exact) mass is 1010 g/mol. The Hall–Kier alpha value is -6.09. The first-order chi connectivity index (χ1) is 34.4. The fraction of sp³-hybridized carbons (Fsp3) is 0.500. The third kappa shape index (κ3) is 11.0. The van der Waals surface area contributed by atoms with Crippen LogP contribution in [0.5, 0.6) is 23.0 Å². The van der Waals surface area contributed by atoms with Crippen molar-refractivity contribution >= 4 is 17.6 Å². The van der Waals surface area contributed by atoms with Crippen LogP contribution in [0.2, 0.25) is 0 Å². The van der Waals surface area contributed by atoms with Crippen LogP contribution in [0.3, 0.4) is 0 Å². The zero-order valence-corrected chi connectivity index (χ0v) is 49.3. The van der Waals surface area contributed by atoms with Crippen molar-refractivity contribution in [3.8, 4) is 34.4 Å². The summed E-state index contributed by atoms with van der Waals surface area (Å²) in [6, 6.07) is 27.7. The van der Waals surface area contributed by atoms with Gasteiger partial charge in [0.15, 0.2) is 5.82 Å². The largest absolute Gasteiger partial charge is 0.507 e. The van der Waals surface area contributed by atoms with Crippen LogP contribution < -0.4 is 19.7 Å². The summed E-state index contributed by atoms with van der Waals surface area (Å²) in [5.74, 6) is 4.15. The van der Waals surface area contributed by atoms with Gasteiger partial charge < -0.3 is 29.9 Å². The number of anilines is 3. The number of nitrogens with zero attached hydrogens (tertiary/aromatic N) is 4. The number of aromatic nitrogens is 3. The van der Waals surface area contributed by atoms with Gasteiger partial charge in [-0.25, -0.2) is 0 Å². The molecule has 1 atom stereocenters. The first kappa shape index (κ1) is 55.2. The Morgan fingerprint density at radius 2 is 1.05 bits per heavy atom. The van der Waals surface area contributed by atoms with Crippen LogP contribution >= 0.6 is 0 Å². The summed E-state index contributed by atoms with van der Waals surface area (Å²) < 4.78 is 13.4. The Morgan fingerprint density at radius 3 is 1.61 bits per heavy atom. The number of rotatable bonds is 12. The molecule has 0 fully saturated rings. The van der Waals surface area contributed by atoms with Crippen molar-refractivity contribution in [3.63, 3.8) is 0 Å². The number of hydrogen-bond acceptors (Lipinski definition) is 9. The van der Waals surface area contributed by atoms with Crippen LogP contribution in [-0.4, -0.2) is 25.2 Å². The number of phenols is 2. The van der Waals surface area contributed by atoms with Crippen molar-refractivity contribution in [3.05, 3.63) is 140 Å². The number of phenolic OH excluding ortho intramolecular Hbond substituents is 2. The second kappa shape index (κ2) is 18.6. The van der Waals surface area contributed by atoms with Crippen molar-refractivity contribution in [2.24, 2.45) is 0 Å². The molecule has 6 aromatic rings. The third-order valence-electron chi connectivity index (χ3n) is 15.5. The van der Waals surface area contributed by atoms with E-state index in [2.05, 4.69) is 204 Å². The molecule has 2 aliphatic rings. The second-order valence-electron chi connectivity index (χ2n) is 28.3. The Labute approximate surface area is 450 Å². The lowest BCUT2D eigenvalue weighted by molar-refractivity contribution is 0.0136. The highest BCUT2D eigenvalue weighted by Crippen LogP contribution is 2.55.